The second kappa shape index (κ2) is 5.69. The predicted octanol–water partition coefficient (Wildman–Crippen LogP) is 2.13. The first-order valence-electron chi connectivity index (χ1n) is 6.43. The number of hydrogen-bond donors (Lipinski definition) is 1. The number of ether oxygens (including phenoxy) is 1. The van der Waals surface area contributed by atoms with Crippen molar-refractivity contribution in [1.82, 2.24) is 4.90 Å². The fraction of sp³-hybridized carbons (Fsp3) is 0.846. The third-order valence-electron chi connectivity index (χ3n) is 3.91. The van der Waals surface area contributed by atoms with E-state index in [-0.39, 0.29) is 11.6 Å². The molecule has 16 heavy (non-hydrogen) atoms. The maximum absolute atomic E-state index is 6.39. The van der Waals surface area contributed by atoms with Gasteiger partial charge < -0.3 is 10.5 Å². The van der Waals surface area contributed by atoms with E-state index in [0.717, 1.165) is 38.3 Å². The van der Waals surface area contributed by atoms with Gasteiger partial charge in [0.2, 0.25) is 0 Å². The van der Waals surface area contributed by atoms with Crippen LogP contribution in [-0.4, -0.2) is 36.2 Å². The van der Waals surface area contributed by atoms with E-state index in [1.807, 2.05) is 0 Å². The van der Waals surface area contributed by atoms with E-state index in [1.54, 1.807) is 0 Å². The predicted molar refractivity (Wildman–Crippen MR) is 68.2 cm³/mol. The molecule has 0 radical (unpaired) electrons. The topological polar surface area (TPSA) is 38.5 Å². The van der Waals surface area contributed by atoms with Crippen molar-refractivity contribution in [1.29, 1.82) is 0 Å². The van der Waals surface area contributed by atoms with Gasteiger partial charge in [0.1, 0.15) is 5.76 Å². The first kappa shape index (κ1) is 13.5. The summed E-state index contributed by atoms with van der Waals surface area (Å²) in [6, 6.07) is -0.0140. The van der Waals surface area contributed by atoms with E-state index in [4.69, 9.17) is 10.5 Å². The molecule has 94 valence electrons. The highest BCUT2D eigenvalue weighted by molar-refractivity contribution is 5.14. The normalized spacial score (nSPS) is 21.5. The lowest BCUT2D eigenvalue weighted by Gasteiger charge is -2.44. The first-order chi connectivity index (χ1) is 7.60. The summed E-state index contributed by atoms with van der Waals surface area (Å²) in [6.07, 6.45) is 4.18. The van der Waals surface area contributed by atoms with Crippen LogP contribution in [0.15, 0.2) is 11.8 Å². The molecule has 0 amide bonds. The Hall–Kier alpha value is -0.540. The van der Waals surface area contributed by atoms with Crippen LogP contribution in [0.5, 0.6) is 0 Å². The summed E-state index contributed by atoms with van der Waals surface area (Å²) in [7, 11) is 0. The lowest BCUT2D eigenvalue weighted by molar-refractivity contribution is 0.0724. The molecule has 3 nitrogen and oxygen atoms in total. The zero-order valence-corrected chi connectivity index (χ0v) is 11.1. The third-order valence-corrected chi connectivity index (χ3v) is 3.91. The molecule has 2 atom stereocenters. The van der Waals surface area contributed by atoms with Crippen LogP contribution in [0, 0.1) is 0 Å². The Morgan fingerprint density at radius 1 is 1.44 bits per heavy atom. The summed E-state index contributed by atoms with van der Waals surface area (Å²) < 4.78 is 5.61. The molecule has 0 spiro atoms. The van der Waals surface area contributed by atoms with Gasteiger partial charge in [0, 0.05) is 12.0 Å². The van der Waals surface area contributed by atoms with Crippen LogP contribution in [0.2, 0.25) is 0 Å². The highest BCUT2D eigenvalue weighted by Gasteiger charge is 2.38. The molecule has 2 N–H and O–H groups in total. The van der Waals surface area contributed by atoms with Crippen LogP contribution in [-0.2, 0) is 4.74 Å². The van der Waals surface area contributed by atoms with E-state index in [0.29, 0.717) is 0 Å². The van der Waals surface area contributed by atoms with Crippen molar-refractivity contribution < 1.29 is 4.74 Å². The van der Waals surface area contributed by atoms with Gasteiger partial charge in [-0.1, -0.05) is 20.8 Å². The maximum Gasteiger partial charge on any atom is 0.111 e. The van der Waals surface area contributed by atoms with Crippen LogP contribution in [0.3, 0.4) is 0 Å². The van der Waals surface area contributed by atoms with Gasteiger partial charge in [0.05, 0.1) is 12.6 Å². The molecular weight excluding hydrogens is 200 g/mol. The van der Waals surface area contributed by atoms with Crippen molar-refractivity contribution in [2.24, 2.45) is 5.73 Å². The first-order valence-corrected chi connectivity index (χ1v) is 6.43. The highest BCUT2D eigenvalue weighted by Crippen LogP contribution is 2.28. The van der Waals surface area contributed by atoms with Gasteiger partial charge in [-0.05, 0) is 32.5 Å². The van der Waals surface area contributed by atoms with Gasteiger partial charge >= 0.3 is 0 Å². The van der Waals surface area contributed by atoms with E-state index in [1.165, 1.54) is 0 Å². The summed E-state index contributed by atoms with van der Waals surface area (Å²) in [4.78, 5) is 2.43. The largest absolute Gasteiger partial charge is 0.496 e. The van der Waals surface area contributed by atoms with E-state index in [2.05, 4.69) is 38.7 Å². The molecule has 0 aromatic rings. The second-order valence-corrected chi connectivity index (χ2v) is 4.60. The molecule has 0 aromatic heterocycles. The van der Waals surface area contributed by atoms with Gasteiger partial charge in [-0.2, -0.15) is 0 Å². The summed E-state index contributed by atoms with van der Waals surface area (Å²) in [6.45, 7) is 11.7. The fourth-order valence-electron chi connectivity index (χ4n) is 2.55. The standard InChI is InChI=1S/C13H26N2O/c1-5-13(4,15(6-2)7-3)12(14)11-9-8-10-16-11/h9,12H,5-8,10,14H2,1-4H3. The van der Waals surface area contributed by atoms with Gasteiger partial charge in [-0.15, -0.1) is 0 Å². The highest BCUT2D eigenvalue weighted by atomic mass is 16.5. The SMILES string of the molecule is CCN(CC)C(C)(CC)C(N)C1=CCCO1. The Bertz CT molecular complexity index is 248. The number of likely N-dealkylation sites (N-methyl/N-ethyl adjacent to an activating group) is 1. The Kier molecular flexibility index (Phi) is 4.81. The van der Waals surface area contributed by atoms with Crippen LogP contribution in [0.1, 0.15) is 40.5 Å². The van der Waals surface area contributed by atoms with Crippen molar-refractivity contribution in [2.45, 2.75) is 52.1 Å². The molecule has 0 saturated carbocycles. The lowest BCUT2D eigenvalue weighted by atomic mass is 9.86. The number of rotatable bonds is 6. The number of nitrogens with zero attached hydrogens (tertiary/aromatic N) is 1. The third kappa shape index (κ3) is 2.41. The zero-order chi connectivity index (χ0) is 12.2. The molecule has 1 rings (SSSR count). The second-order valence-electron chi connectivity index (χ2n) is 4.60. The van der Waals surface area contributed by atoms with E-state index < -0.39 is 0 Å². The summed E-state index contributed by atoms with van der Waals surface area (Å²) in [5, 5.41) is 0. The Balaban J connectivity index is 2.84. The molecule has 0 fully saturated rings. The Labute approximate surface area is 99.6 Å². The van der Waals surface area contributed by atoms with E-state index in [9.17, 15) is 0 Å². The molecule has 3 heteroatoms. The van der Waals surface area contributed by atoms with Crippen LogP contribution in [0.4, 0.5) is 0 Å². The number of hydrogen-bond acceptors (Lipinski definition) is 3. The molecule has 0 saturated heterocycles. The average Bonchev–Trinajstić information content (AvgIpc) is 2.82. The van der Waals surface area contributed by atoms with Crippen LogP contribution < -0.4 is 5.73 Å². The molecule has 0 aliphatic carbocycles. The molecular formula is C13H26N2O. The minimum atomic E-state index is -0.0140. The van der Waals surface area contributed by atoms with Crippen LogP contribution >= 0.6 is 0 Å². The molecule has 1 heterocycles. The van der Waals surface area contributed by atoms with Crippen LogP contribution in [0.25, 0.3) is 0 Å². The zero-order valence-electron chi connectivity index (χ0n) is 11.1. The molecule has 1 aliphatic rings. The molecule has 1 aliphatic heterocycles. The summed E-state index contributed by atoms with van der Waals surface area (Å²) >= 11 is 0. The lowest BCUT2D eigenvalue weighted by Crippen LogP contribution is -2.58. The van der Waals surface area contributed by atoms with Crippen molar-refractivity contribution >= 4 is 0 Å². The van der Waals surface area contributed by atoms with Crippen molar-refractivity contribution in [2.75, 3.05) is 19.7 Å². The minimum Gasteiger partial charge on any atom is -0.496 e. The van der Waals surface area contributed by atoms with Gasteiger partial charge in [0.15, 0.2) is 0 Å². The minimum absolute atomic E-state index is 0.000324. The smallest absolute Gasteiger partial charge is 0.111 e. The Morgan fingerprint density at radius 3 is 2.44 bits per heavy atom. The molecule has 0 bridgehead atoms. The maximum atomic E-state index is 6.39. The average molecular weight is 226 g/mol. The number of nitrogens with two attached hydrogens (primary N) is 1. The van der Waals surface area contributed by atoms with Gasteiger partial charge in [-0.25, -0.2) is 0 Å². The molecule has 2 unspecified atom stereocenters. The quantitative estimate of drug-likeness (QED) is 0.754. The van der Waals surface area contributed by atoms with Gasteiger partial charge in [-0.3, -0.25) is 4.90 Å². The molecule has 0 aromatic carbocycles. The monoisotopic (exact) mass is 226 g/mol. The van der Waals surface area contributed by atoms with Crippen molar-refractivity contribution in [3.05, 3.63) is 11.8 Å². The van der Waals surface area contributed by atoms with Crippen molar-refractivity contribution in [3.8, 4) is 0 Å². The van der Waals surface area contributed by atoms with Crippen molar-refractivity contribution in [3.63, 3.8) is 0 Å². The summed E-state index contributed by atoms with van der Waals surface area (Å²) in [5.41, 5.74) is 6.38. The fourth-order valence-corrected chi connectivity index (χ4v) is 2.55. The van der Waals surface area contributed by atoms with Gasteiger partial charge in [0.25, 0.3) is 0 Å². The Morgan fingerprint density at radius 2 is 2.06 bits per heavy atom. The van der Waals surface area contributed by atoms with E-state index >= 15 is 0 Å². The summed E-state index contributed by atoms with van der Waals surface area (Å²) in [5.74, 6) is 0.983.